The third kappa shape index (κ3) is 11.9. The molecule has 0 aromatic carbocycles. The van der Waals surface area contributed by atoms with Crippen LogP contribution >= 0.6 is 0 Å². The van der Waals surface area contributed by atoms with Crippen molar-refractivity contribution < 1.29 is 138 Å². The fraction of sp³-hybridized carbons (Fsp3) is 0.931. The average Bonchev–Trinajstić information content (AvgIpc) is 1.24. The second-order valence-corrected chi connectivity index (χ2v) is 26.6. The first-order chi connectivity index (χ1) is 40.7. The lowest BCUT2D eigenvalue weighted by molar-refractivity contribution is -0.394. The summed E-state index contributed by atoms with van der Waals surface area (Å²) in [6.45, 7) is 9.85. The molecule has 2 saturated carbocycles. The number of hydrogen-bond donors (Lipinski definition) is 14. The molecule has 0 spiro atoms. The zero-order valence-electron chi connectivity index (χ0n) is 49.9. The van der Waals surface area contributed by atoms with Crippen LogP contribution in [0.15, 0.2) is 23.8 Å². The molecule has 34 atom stereocenters. The van der Waals surface area contributed by atoms with Gasteiger partial charge < -0.3 is 138 Å². The highest BCUT2D eigenvalue weighted by Gasteiger charge is 2.64. The maximum Gasteiger partial charge on any atom is 0.187 e. The summed E-state index contributed by atoms with van der Waals surface area (Å²) in [6.07, 6.45) is -32.5. The summed E-state index contributed by atoms with van der Waals surface area (Å²) >= 11 is 0. The highest BCUT2D eigenvalue weighted by atomic mass is 16.8. The summed E-state index contributed by atoms with van der Waals surface area (Å²) in [5.41, 5.74) is 1.05. The van der Waals surface area contributed by atoms with Crippen LogP contribution in [-0.2, 0) is 66.3 Å². The van der Waals surface area contributed by atoms with Gasteiger partial charge >= 0.3 is 0 Å². The molecule has 86 heavy (non-hydrogen) atoms. The molecule has 0 bridgehead atoms. The number of fused-ring (bicyclic) bond motifs is 5. The molecule has 14 N–H and O–H groups in total. The summed E-state index contributed by atoms with van der Waals surface area (Å²) in [6, 6.07) is 0. The standard InChI is InChI=1S/C58H94O28/c1-23-43(83-49-40(70)44(26(62)21-75-49)84-52-41(71)46(73-7)33(63)27(18-59)78-52)36(66)38(68)50(77-23)86-48-35(65)30(81-51-39(69)37(67)45(29(20-61)80-51)85-53-42(72)47(74-8)34(64)28(19-60)79-53)22-76-54(48)82-32-13-17-57(5)24-12-16-56(4)14-9-15-58(56,6)25(24)10-11-31(57)55(32,2)3/h9,12,14,23,25-54,59-72H,10-11,13,15-22H2,1-8H3/t23-,25-,26-,27-,28-,29-,30-,31+,32+,33-,34-,35+,36-,37-,38-,39-,40-,41-,42-,43-,44+,45-,46+,47+,48-,49+,50+,51+,52+,53+,54+,56+,57-,58+/m1/s1. The van der Waals surface area contributed by atoms with E-state index in [4.69, 9.17) is 66.3 Å². The van der Waals surface area contributed by atoms with Gasteiger partial charge in [0.15, 0.2) is 37.7 Å². The third-order valence-corrected chi connectivity index (χ3v) is 21.4. The first-order valence-corrected chi connectivity index (χ1v) is 30.2. The largest absolute Gasteiger partial charge is 0.394 e. The minimum absolute atomic E-state index is 0.0772. The number of methoxy groups -OCH3 is 2. The normalized spacial score (nSPS) is 53.9. The second-order valence-electron chi connectivity index (χ2n) is 26.6. The monoisotopic (exact) mass is 1240 g/mol. The van der Waals surface area contributed by atoms with Gasteiger partial charge in [-0.3, -0.25) is 0 Å². The number of rotatable bonds is 17. The number of aliphatic hydroxyl groups excluding tert-OH is 14. The summed E-state index contributed by atoms with van der Waals surface area (Å²) in [7, 11) is 2.42. The van der Waals surface area contributed by atoms with Gasteiger partial charge in [0.2, 0.25) is 0 Å². The molecule has 0 unspecified atom stereocenters. The zero-order chi connectivity index (χ0) is 62.3. The van der Waals surface area contributed by atoms with Gasteiger partial charge in [-0.05, 0) is 78.9 Å². The predicted molar refractivity (Wildman–Crippen MR) is 288 cm³/mol. The van der Waals surface area contributed by atoms with Crippen LogP contribution < -0.4 is 0 Å². The highest BCUT2D eigenvalue weighted by molar-refractivity contribution is 5.35. The van der Waals surface area contributed by atoms with Gasteiger partial charge in [-0.15, -0.1) is 0 Å². The number of hydrogen-bond acceptors (Lipinski definition) is 28. The second kappa shape index (κ2) is 26.4. The van der Waals surface area contributed by atoms with Gasteiger partial charge in [0.1, 0.15) is 128 Å². The van der Waals surface area contributed by atoms with Gasteiger partial charge in [-0.2, -0.15) is 0 Å². The van der Waals surface area contributed by atoms with E-state index in [0.29, 0.717) is 12.3 Å². The summed E-state index contributed by atoms with van der Waals surface area (Å²) in [5.74, 6) is 0.579. The van der Waals surface area contributed by atoms with Crippen molar-refractivity contribution in [3.8, 4) is 0 Å². The van der Waals surface area contributed by atoms with Crippen molar-refractivity contribution in [3.63, 3.8) is 0 Å². The van der Waals surface area contributed by atoms with Gasteiger partial charge in [0.25, 0.3) is 0 Å². The third-order valence-electron chi connectivity index (χ3n) is 21.4. The van der Waals surface area contributed by atoms with E-state index < -0.39 is 217 Å². The molecule has 10 rings (SSSR count). The van der Waals surface area contributed by atoms with Crippen LogP contribution in [0.25, 0.3) is 0 Å². The van der Waals surface area contributed by atoms with Gasteiger partial charge in [-0.1, -0.05) is 58.4 Å². The van der Waals surface area contributed by atoms with Crippen LogP contribution in [0.4, 0.5) is 0 Å². The van der Waals surface area contributed by atoms with Crippen LogP contribution in [0.2, 0.25) is 0 Å². The number of ether oxygens (including phenoxy) is 14. The van der Waals surface area contributed by atoms with Crippen LogP contribution in [0.5, 0.6) is 0 Å². The van der Waals surface area contributed by atoms with Gasteiger partial charge in [-0.25, -0.2) is 0 Å². The summed E-state index contributed by atoms with van der Waals surface area (Å²) in [5, 5.41) is 155. The Hall–Kier alpha value is -1.64. The lowest BCUT2D eigenvalue weighted by Crippen LogP contribution is -2.67. The Morgan fingerprint density at radius 3 is 1.62 bits per heavy atom. The quantitative estimate of drug-likeness (QED) is 0.0488. The highest BCUT2D eigenvalue weighted by Crippen LogP contribution is 2.70. The molecular weight excluding hydrogens is 1140 g/mol. The van der Waals surface area contributed by atoms with Crippen molar-refractivity contribution in [2.45, 2.75) is 258 Å². The van der Waals surface area contributed by atoms with E-state index in [9.17, 15) is 71.5 Å². The molecule has 6 aliphatic heterocycles. The topological polar surface area (TPSA) is 412 Å². The summed E-state index contributed by atoms with van der Waals surface area (Å²) in [4.78, 5) is 0. The lowest BCUT2D eigenvalue weighted by atomic mass is 9.41. The van der Waals surface area contributed by atoms with E-state index in [0.717, 1.165) is 32.1 Å². The molecule has 8 fully saturated rings. The average molecular weight is 1240 g/mol. The maximum absolute atomic E-state index is 12.5. The first-order valence-electron chi connectivity index (χ1n) is 30.2. The molecule has 0 aromatic rings. The van der Waals surface area contributed by atoms with E-state index in [1.165, 1.54) is 26.7 Å². The van der Waals surface area contributed by atoms with Crippen molar-refractivity contribution >= 4 is 0 Å². The molecule has 0 aromatic heterocycles. The van der Waals surface area contributed by atoms with E-state index in [1.54, 1.807) is 0 Å². The molecule has 10 aliphatic rings. The van der Waals surface area contributed by atoms with E-state index in [1.807, 2.05) is 0 Å². The Balaban J connectivity index is 0.856. The van der Waals surface area contributed by atoms with Crippen molar-refractivity contribution in [3.05, 3.63) is 23.8 Å². The zero-order valence-corrected chi connectivity index (χ0v) is 49.9. The fourth-order valence-corrected chi connectivity index (χ4v) is 16.1. The molecule has 0 amide bonds. The van der Waals surface area contributed by atoms with Crippen molar-refractivity contribution in [2.75, 3.05) is 47.3 Å². The van der Waals surface area contributed by atoms with Gasteiger partial charge in [0, 0.05) is 14.2 Å². The lowest BCUT2D eigenvalue weighted by Gasteiger charge is -2.64. The summed E-state index contributed by atoms with van der Waals surface area (Å²) < 4.78 is 83.2. The Morgan fingerprint density at radius 1 is 0.488 bits per heavy atom. The number of allylic oxidation sites excluding steroid dienone is 4. The molecule has 0 radical (unpaired) electrons. The van der Waals surface area contributed by atoms with Crippen molar-refractivity contribution in [2.24, 2.45) is 33.5 Å². The van der Waals surface area contributed by atoms with Gasteiger partial charge in [0.05, 0.1) is 45.2 Å². The van der Waals surface area contributed by atoms with Crippen LogP contribution in [0, 0.1) is 33.5 Å². The van der Waals surface area contributed by atoms with E-state index >= 15 is 0 Å². The number of aliphatic hydroxyl groups is 14. The van der Waals surface area contributed by atoms with Crippen LogP contribution in [-0.4, -0.2) is 297 Å². The Morgan fingerprint density at radius 2 is 1.01 bits per heavy atom. The van der Waals surface area contributed by atoms with E-state index in [2.05, 4.69) is 52.8 Å². The van der Waals surface area contributed by atoms with Crippen LogP contribution in [0.3, 0.4) is 0 Å². The molecule has 6 heterocycles. The molecule has 4 aliphatic carbocycles. The molecule has 28 nitrogen and oxygen atoms in total. The molecular formula is C58H94O28. The molecule has 28 heteroatoms. The Bertz CT molecular complexity index is 2320. The van der Waals surface area contributed by atoms with Crippen molar-refractivity contribution in [1.82, 2.24) is 0 Å². The van der Waals surface area contributed by atoms with Crippen molar-refractivity contribution in [1.29, 1.82) is 0 Å². The smallest absolute Gasteiger partial charge is 0.187 e. The van der Waals surface area contributed by atoms with E-state index in [-0.39, 0.29) is 22.2 Å². The maximum atomic E-state index is 12.5. The van der Waals surface area contributed by atoms with Crippen LogP contribution in [0.1, 0.15) is 80.1 Å². The minimum Gasteiger partial charge on any atom is -0.394 e. The Kier molecular flexibility index (Phi) is 20.6. The Labute approximate surface area is 499 Å². The first kappa shape index (κ1) is 67.3. The molecule has 494 valence electrons. The minimum atomic E-state index is -1.97. The predicted octanol–water partition coefficient (Wildman–Crippen LogP) is -3.94. The molecule has 6 saturated heterocycles. The SMILES string of the molecule is CO[C@@H]1[C@@H](O)[C@H](O[C@@H]2[C@@H](O)[C@H](O[C@H]3[C@H](O)[C@@H](O)[C@H](O[C@H]4[C@H](O[C@H]5CC[C@]6(C)C7=CC[C@]8(C)C=CC[C@@]8(C)[C@@H]7CC[C@H]6C5(C)C)OC[C@@H](O[C@@H]5O[C@H](CO)[C@@H](O[C@@H]6O[C@H](CO)[C@@H](O)[C@H](OC)[C@H]6O)[C@H](O)[C@H]5O)[C@@H]4O)O[C@@H]3C)OC[C@H]2O)O[C@H](CO)[C@H]1O. The fourth-order valence-electron chi connectivity index (χ4n) is 16.1.